The van der Waals surface area contributed by atoms with E-state index in [-0.39, 0.29) is 17.6 Å². The first-order valence-corrected chi connectivity index (χ1v) is 8.64. The van der Waals surface area contributed by atoms with Gasteiger partial charge < -0.3 is 15.4 Å². The molecule has 1 aromatic rings. The zero-order chi connectivity index (χ0) is 18.9. The van der Waals surface area contributed by atoms with Crippen LogP contribution in [0.25, 0.3) is 0 Å². The second-order valence-electron chi connectivity index (χ2n) is 6.16. The molecular weight excluding hydrogens is 334 g/mol. The van der Waals surface area contributed by atoms with E-state index in [0.29, 0.717) is 23.4 Å². The molecule has 1 aliphatic rings. The van der Waals surface area contributed by atoms with Crippen LogP contribution in [0.5, 0.6) is 0 Å². The molecule has 2 rings (SSSR count). The highest BCUT2D eigenvalue weighted by atomic mass is 16.5. The van der Waals surface area contributed by atoms with Crippen LogP contribution in [-0.2, 0) is 14.3 Å². The lowest BCUT2D eigenvalue weighted by atomic mass is 10.1. The van der Waals surface area contributed by atoms with Crippen molar-refractivity contribution in [1.29, 1.82) is 0 Å². The number of ketones is 1. The molecule has 7 nitrogen and oxygen atoms in total. The van der Waals surface area contributed by atoms with Gasteiger partial charge in [-0.1, -0.05) is 0 Å². The first-order valence-electron chi connectivity index (χ1n) is 8.64. The predicted molar refractivity (Wildman–Crippen MR) is 99.1 cm³/mol. The fraction of sp³-hybridized carbons (Fsp3) is 0.421. The highest BCUT2D eigenvalue weighted by Crippen LogP contribution is 2.10. The van der Waals surface area contributed by atoms with E-state index in [9.17, 15) is 14.4 Å². The molecule has 1 heterocycles. The SMILES string of the molecule is CC(=O)c1ccc(NC(=O)/C=C(/C)C(=O)NCCN2CCOCC2)cc1. The van der Waals surface area contributed by atoms with Crippen LogP contribution in [0, 0.1) is 0 Å². The van der Waals surface area contributed by atoms with Crippen molar-refractivity contribution in [2.75, 3.05) is 44.7 Å². The zero-order valence-corrected chi connectivity index (χ0v) is 15.2. The van der Waals surface area contributed by atoms with Crippen molar-refractivity contribution < 1.29 is 19.1 Å². The van der Waals surface area contributed by atoms with Gasteiger partial charge in [0.1, 0.15) is 0 Å². The van der Waals surface area contributed by atoms with E-state index in [1.807, 2.05) is 0 Å². The van der Waals surface area contributed by atoms with Crippen molar-refractivity contribution in [2.45, 2.75) is 13.8 Å². The van der Waals surface area contributed by atoms with Gasteiger partial charge in [-0.25, -0.2) is 0 Å². The summed E-state index contributed by atoms with van der Waals surface area (Å²) in [7, 11) is 0. The van der Waals surface area contributed by atoms with Crippen molar-refractivity contribution in [2.24, 2.45) is 0 Å². The third-order valence-electron chi connectivity index (χ3n) is 4.08. The van der Waals surface area contributed by atoms with Gasteiger partial charge in [0.15, 0.2) is 5.78 Å². The average molecular weight is 359 g/mol. The number of hydrogen-bond donors (Lipinski definition) is 2. The van der Waals surface area contributed by atoms with E-state index in [1.165, 1.54) is 13.0 Å². The number of amides is 2. The standard InChI is InChI=1S/C19H25N3O4/c1-14(19(25)20-7-8-22-9-11-26-12-10-22)13-18(24)21-17-5-3-16(4-6-17)15(2)23/h3-6,13H,7-12H2,1-2H3,(H,20,25)(H,21,24)/b14-13-. The Bertz CT molecular complexity index is 677. The number of carbonyl (C=O) groups is 3. The Morgan fingerprint density at radius 1 is 1.12 bits per heavy atom. The second-order valence-corrected chi connectivity index (χ2v) is 6.16. The molecule has 2 N–H and O–H groups in total. The molecule has 7 heteroatoms. The van der Waals surface area contributed by atoms with Crippen molar-refractivity contribution in [3.63, 3.8) is 0 Å². The van der Waals surface area contributed by atoms with E-state index >= 15 is 0 Å². The molecule has 1 aliphatic heterocycles. The van der Waals surface area contributed by atoms with Crippen LogP contribution in [0.3, 0.4) is 0 Å². The van der Waals surface area contributed by atoms with Gasteiger partial charge in [-0.3, -0.25) is 19.3 Å². The quantitative estimate of drug-likeness (QED) is 0.565. The van der Waals surface area contributed by atoms with Gasteiger partial charge in [-0.15, -0.1) is 0 Å². The summed E-state index contributed by atoms with van der Waals surface area (Å²) < 4.78 is 5.28. The molecule has 0 spiro atoms. The minimum absolute atomic E-state index is 0.0348. The van der Waals surface area contributed by atoms with Gasteiger partial charge >= 0.3 is 0 Å². The molecule has 0 aliphatic carbocycles. The smallest absolute Gasteiger partial charge is 0.248 e. The number of benzene rings is 1. The van der Waals surface area contributed by atoms with Gasteiger partial charge in [0.2, 0.25) is 11.8 Å². The number of rotatable bonds is 7. The molecule has 26 heavy (non-hydrogen) atoms. The van der Waals surface area contributed by atoms with E-state index < -0.39 is 0 Å². The Balaban J connectivity index is 1.78. The summed E-state index contributed by atoms with van der Waals surface area (Å²) in [5.41, 5.74) is 1.48. The fourth-order valence-electron chi connectivity index (χ4n) is 2.52. The summed E-state index contributed by atoms with van der Waals surface area (Å²) >= 11 is 0. The van der Waals surface area contributed by atoms with E-state index in [4.69, 9.17) is 4.74 Å². The van der Waals surface area contributed by atoms with Gasteiger partial charge in [0.05, 0.1) is 13.2 Å². The first-order chi connectivity index (χ1) is 12.5. The van der Waals surface area contributed by atoms with Gasteiger partial charge in [0.25, 0.3) is 0 Å². The topological polar surface area (TPSA) is 87.7 Å². The molecule has 0 unspecified atom stereocenters. The Morgan fingerprint density at radius 2 is 1.77 bits per heavy atom. The normalized spacial score (nSPS) is 15.4. The van der Waals surface area contributed by atoms with Gasteiger partial charge in [0, 0.05) is 49.1 Å². The third kappa shape index (κ3) is 6.42. The number of morpholine rings is 1. The lowest BCUT2D eigenvalue weighted by Gasteiger charge is -2.26. The Morgan fingerprint density at radius 3 is 2.38 bits per heavy atom. The number of nitrogens with one attached hydrogen (secondary N) is 2. The first kappa shape index (κ1) is 19.8. The monoisotopic (exact) mass is 359 g/mol. The Labute approximate surface area is 153 Å². The molecule has 0 bridgehead atoms. The lowest BCUT2D eigenvalue weighted by Crippen LogP contribution is -2.41. The molecule has 0 atom stereocenters. The summed E-state index contributed by atoms with van der Waals surface area (Å²) in [5.74, 6) is -0.686. The van der Waals surface area contributed by atoms with Crippen molar-refractivity contribution in [3.8, 4) is 0 Å². The van der Waals surface area contributed by atoms with Crippen LogP contribution in [0.1, 0.15) is 24.2 Å². The fourth-order valence-corrected chi connectivity index (χ4v) is 2.52. The molecule has 1 saturated heterocycles. The van der Waals surface area contributed by atoms with E-state index in [2.05, 4.69) is 15.5 Å². The molecule has 1 fully saturated rings. The number of hydrogen-bond acceptors (Lipinski definition) is 5. The minimum Gasteiger partial charge on any atom is -0.379 e. The molecule has 140 valence electrons. The number of carbonyl (C=O) groups excluding carboxylic acids is 3. The summed E-state index contributed by atoms with van der Waals surface area (Å²) in [4.78, 5) is 37.5. The number of ether oxygens (including phenoxy) is 1. The van der Waals surface area contributed by atoms with Crippen LogP contribution < -0.4 is 10.6 Å². The molecule has 1 aromatic carbocycles. The van der Waals surface area contributed by atoms with Crippen LogP contribution in [0.2, 0.25) is 0 Å². The summed E-state index contributed by atoms with van der Waals surface area (Å²) in [6.07, 6.45) is 1.27. The van der Waals surface area contributed by atoms with E-state index in [1.54, 1.807) is 31.2 Å². The summed E-state index contributed by atoms with van der Waals surface area (Å²) in [6, 6.07) is 6.60. The van der Waals surface area contributed by atoms with Crippen LogP contribution >= 0.6 is 0 Å². The molecule has 2 amide bonds. The van der Waals surface area contributed by atoms with Crippen LogP contribution in [0.4, 0.5) is 5.69 Å². The highest BCUT2D eigenvalue weighted by Gasteiger charge is 2.11. The van der Waals surface area contributed by atoms with Crippen LogP contribution in [-0.4, -0.2) is 61.9 Å². The van der Waals surface area contributed by atoms with Gasteiger partial charge in [-0.05, 0) is 38.1 Å². The highest BCUT2D eigenvalue weighted by molar-refractivity contribution is 6.06. The second kappa shape index (κ2) is 9.84. The number of anilines is 1. The van der Waals surface area contributed by atoms with Crippen molar-refractivity contribution in [3.05, 3.63) is 41.5 Å². The lowest BCUT2D eigenvalue weighted by molar-refractivity contribution is -0.118. The third-order valence-corrected chi connectivity index (χ3v) is 4.08. The molecule has 0 radical (unpaired) electrons. The maximum Gasteiger partial charge on any atom is 0.248 e. The maximum atomic E-state index is 12.1. The van der Waals surface area contributed by atoms with Crippen molar-refractivity contribution in [1.82, 2.24) is 10.2 Å². The number of nitrogens with zero attached hydrogens (tertiary/aromatic N) is 1. The molecular formula is C19H25N3O4. The molecule has 0 aromatic heterocycles. The van der Waals surface area contributed by atoms with Crippen LogP contribution in [0.15, 0.2) is 35.9 Å². The molecule has 0 saturated carbocycles. The Kier molecular flexibility index (Phi) is 7.50. The average Bonchev–Trinajstić information content (AvgIpc) is 2.62. The summed E-state index contributed by atoms with van der Waals surface area (Å²) in [6.45, 7) is 7.56. The number of Topliss-reactive ketones (excluding diaryl/α,β-unsaturated/α-hetero) is 1. The van der Waals surface area contributed by atoms with Crippen molar-refractivity contribution >= 4 is 23.3 Å². The predicted octanol–water partition coefficient (Wildman–Crippen LogP) is 1.22. The summed E-state index contributed by atoms with van der Waals surface area (Å²) in [5, 5.41) is 5.48. The Hall–Kier alpha value is -2.51. The van der Waals surface area contributed by atoms with Gasteiger partial charge in [-0.2, -0.15) is 0 Å². The maximum absolute atomic E-state index is 12.1. The zero-order valence-electron chi connectivity index (χ0n) is 15.2. The largest absolute Gasteiger partial charge is 0.379 e. The van der Waals surface area contributed by atoms with E-state index in [0.717, 1.165) is 32.8 Å². The minimum atomic E-state index is -0.388.